The molecule has 0 saturated heterocycles. The predicted octanol–water partition coefficient (Wildman–Crippen LogP) is 2.74. The van der Waals surface area contributed by atoms with Gasteiger partial charge in [-0.05, 0) is 31.9 Å². The first-order valence-electron chi connectivity index (χ1n) is 5.82. The van der Waals surface area contributed by atoms with E-state index in [1.807, 2.05) is 23.5 Å². The minimum absolute atomic E-state index is 0.685. The lowest BCUT2D eigenvalue weighted by molar-refractivity contribution is 0.636. The molecular formula is C11H20N2S2. The Morgan fingerprint density at radius 1 is 1.53 bits per heavy atom. The van der Waals surface area contributed by atoms with Gasteiger partial charge in [0.05, 0.1) is 6.54 Å². The molecular weight excluding hydrogens is 224 g/mol. The van der Waals surface area contributed by atoms with Crippen molar-refractivity contribution in [2.75, 3.05) is 12.8 Å². The molecule has 15 heavy (non-hydrogen) atoms. The third-order valence-electron chi connectivity index (χ3n) is 3.22. The topological polar surface area (TPSA) is 24.4 Å². The molecule has 1 heterocycles. The molecule has 1 N–H and O–H groups in total. The standard InChI is InChI=1S/C11H20N2S2/c1-3-9-7-12-11(15-9)13-8-4-5-10(6-8)14-2/h8-10H,3-7H2,1-2H3,(H,12,13). The summed E-state index contributed by atoms with van der Waals surface area (Å²) >= 11 is 3.95. The highest BCUT2D eigenvalue weighted by Gasteiger charge is 2.26. The van der Waals surface area contributed by atoms with Crippen LogP contribution in [0.1, 0.15) is 32.6 Å². The lowest BCUT2D eigenvalue weighted by Gasteiger charge is -2.13. The van der Waals surface area contributed by atoms with Crippen molar-refractivity contribution in [2.45, 2.75) is 49.1 Å². The molecule has 0 aromatic rings. The van der Waals surface area contributed by atoms with Gasteiger partial charge in [0.1, 0.15) is 0 Å². The lowest BCUT2D eigenvalue weighted by Crippen LogP contribution is -2.30. The summed E-state index contributed by atoms with van der Waals surface area (Å²) in [4.78, 5) is 4.56. The second-order valence-electron chi connectivity index (χ2n) is 4.31. The summed E-state index contributed by atoms with van der Waals surface area (Å²) in [6, 6.07) is 0.685. The quantitative estimate of drug-likeness (QED) is 0.826. The zero-order valence-corrected chi connectivity index (χ0v) is 11.2. The highest BCUT2D eigenvalue weighted by Crippen LogP contribution is 2.30. The first-order valence-corrected chi connectivity index (χ1v) is 7.99. The molecule has 1 aliphatic carbocycles. The molecule has 3 atom stereocenters. The normalized spacial score (nSPS) is 35.6. The number of aliphatic imine (C=N–C) groups is 1. The Balaban J connectivity index is 1.74. The summed E-state index contributed by atoms with van der Waals surface area (Å²) in [5, 5.41) is 6.41. The molecule has 86 valence electrons. The van der Waals surface area contributed by atoms with Crippen LogP contribution in [0.5, 0.6) is 0 Å². The van der Waals surface area contributed by atoms with E-state index in [0.717, 1.165) is 17.0 Å². The molecule has 0 spiro atoms. The zero-order chi connectivity index (χ0) is 10.7. The number of hydrogen-bond acceptors (Lipinski definition) is 4. The van der Waals surface area contributed by atoms with Gasteiger partial charge in [-0.1, -0.05) is 18.7 Å². The van der Waals surface area contributed by atoms with E-state index in [1.165, 1.54) is 30.9 Å². The van der Waals surface area contributed by atoms with Gasteiger partial charge in [0.2, 0.25) is 0 Å². The van der Waals surface area contributed by atoms with Gasteiger partial charge in [-0.2, -0.15) is 11.8 Å². The van der Waals surface area contributed by atoms with E-state index < -0.39 is 0 Å². The molecule has 0 amide bonds. The van der Waals surface area contributed by atoms with Crippen LogP contribution in [-0.2, 0) is 0 Å². The largest absolute Gasteiger partial charge is 0.362 e. The predicted molar refractivity (Wildman–Crippen MR) is 72.0 cm³/mol. The molecule has 3 unspecified atom stereocenters. The number of hydrogen-bond donors (Lipinski definition) is 1. The third kappa shape index (κ3) is 3.06. The minimum atomic E-state index is 0.685. The molecule has 0 aromatic carbocycles. The van der Waals surface area contributed by atoms with Gasteiger partial charge in [-0.3, -0.25) is 4.99 Å². The van der Waals surface area contributed by atoms with E-state index in [-0.39, 0.29) is 0 Å². The van der Waals surface area contributed by atoms with E-state index in [2.05, 4.69) is 23.5 Å². The highest BCUT2D eigenvalue weighted by atomic mass is 32.2. The van der Waals surface area contributed by atoms with Crippen LogP contribution in [0.2, 0.25) is 0 Å². The van der Waals surface area contributed by atoms with Gasteiger partial charge in [-0.25, -0.2) is 0 Å². The maximum absolute atomic E-state index is 4.56. The number of rotatable bonds is 3. The van der Waals surface area contributed by atoms with E-state index >= 15 is 0 Å². The van der Waals surface area contributed by atoms with Crippen molar-refractivity contribution in [3.05, 3.63) is 0 Å². The van der Waals surface area contributed by atoms with E-state index in [9.17, 15) is 0 Å². The highest BCUT2D eigenvalue weighted by molar-refractivity contribution is 8.14. The summed E-state index contributed by atoms with van der Waals surface area (Å²) in [5.74, 6) is 0. The lowest BCUT2D eigenvalue weighted by atomic mass is 10.3. The first-order chi connectivity index (χ1) is 7.31. The molecule has 0 bridgehead atoms. The molecule has 2 aliphatic rings. The number of amidine groups is 1. The summed E-state index contributed by atoms with van der Waals surface area (Å²) in [6.07, 6.45) is 7.47. The molecule has 0 aromatic heterocycles. The average molecular weight is 244 g/mol. The second-order valence-corrected chi connectivity index (χ2v) is 6.73. The van der Waals surface area contributed by atoms with E-state index in [1.54, 1.807) is 0 Å². The Kier molecular flexibility index (Phi) is 4.26. The van der Waals surface area contributed by atoms with Crippen LogP contribution in [0, 0.1) is 0 Å². The molecule has 4 heteroatoms. The van der Waals surface area contributed by atoms with E-state index in [4.69, 9.17) is 0 Å². The molecule has 0 radical (unpaired) electrons. The van der Waals surface area contributed by atoms with Gasteiger partial charge < -0.3 is 5.32 Å². The summed E-state index contributed by atoms with van der Waals surface area (Å²) in [7, 11) is 0. The van der Waals surface area contributed by atoms with Crippen molar-refractivity contribution < 1.29 is 0 Å². The van der Waals surface area contributed by atoms with Gasteiger partial charge in [0.15, 0.2) is 5.17 Å². The van der Waals surface area contributed by atoms with Crippen LogP contribution in [0.15, 0.2) is 4.99 Å². The smallest absolute Gasteiger partial charge is 0.157 e. The second kappa shape index (κ2) is 5.48. The van der Waals surface area contributed by atoms with Crippen molar-refractivity contribution in [3.8, 4) is 0 Å². The SMILES string of the molecule is CCC1CN=C(NC2CCC(SC)C2)S1. The van der Waals surface area contributed by atoms with Crippen molar-refractivity contribution in [1.82, 2.24) is 5.32 Å². The maximum atomic E-state index is 4.56. The van der Waals surface area contributed by atoms with Crippen LogP contribution in [0.4, 0.5) is 0 Å². The molecule has 2 nitrogen and oxygen atoms in total. The van der Waals surface area contributed by atoms with Crippen LogP contribution < -0.4 is 5.32 Å². The van der Waals surface area contributed by atoms with Crippen LogP contribution >= 0.6 is 23.5 Å². The molecule has 1 saturated carbocycles. The first kappa shape index (κ1) is 11.6. The monoisotopic (exact) mass is 244 g/mol. The number of thioether (sulfide) groups is 2. The maximum Gasteiger partial charge on any atom is 0.157 e. The molecule has 1 aliphatic heterocycles. The number of nitrogens with zero attached hydrogens (tertiary/aromatic N) is 1. The minimum Gasteiger partial charge on any atom is -0.362 e. The Bertz CT molecular complexity index is 243. The third-order valence-corrected chi connectivity index (χ3v) is 5.60. The van der Waals surface area contributed by atoms with Gasteiger partial charge >= 0.3 is 0 Å². The van der Waals surface area contributed by atoms with Gasteiger partial charge in [-0.15, -0.1) is 0 Å². The van der Waals surface area contributed by atoms with Crippen molar-refractivity contribution in [1.29, 1.82) is 0 Å². The summed E-state index contributed by atoms with van der Waals surface area (Å²) in [6.45, 7) is 3.26. The van der Waals surface area contributed by atoms with Crippen LogP contribution in [0.25, 0.3) is 0 Å². The molecule has 2 rings (SSSR count). The van der Waals surface area contributed by atoms with Gasteiger partial charge in [0, 0.05) is 16.5 Å². The van der Waals surface area contributed by atoms with Crippen molar-refractivity contribution >= 4 is 28.7 Å². The van der Waals surface area contributed by atoms with Crippen molar-refractivity contribution in [2.24, 2.45) is 4.99 Å². The fourth-order valence-electron chi connectivity index (χ4n) is 2.17. The Morgan fingerprint density at radius 2 is 2.40 bits per heavy atom. The fraction of sp³-hybridized carbons (Fsp3) is 0.909. The Hall–Kier alpha value is 0.170. The Morgan fingerprint density at radius 3 is 3.00 bits per heavy atom. The van der Waals surface area contributed by atoms with Gasteiger partial charge in [0.25, 0.3) is 0 Å². The fourth-order valence-corrected chi connectivity index (χ4v) is 3.98. The Labute approximate surface area is 101 Å². The summed E-state index contributed by atoms with van der Waals surface area (Å²) < 4.78 is 0. The molecule has 1 fully saturated rings. The van der Waals surface area contributed by atoms with E-state index in [0.29, 0.717) is 6.04 Å². The number of nitrogens with one attached hydrogen (secondary N) is 1. The average Bonchev–Trinajstić information content (AvgIpc) is 2.87. The summed E-state index contributed by atoms with van der Waals surface area (Å²) in [5.41, 5.74) is 0. The van der Waals surface area contributed by atoms with Crippen LogP contribution in [0.3, 0.4) is 0 Å². The van der Waals surface area contributed by atoms with Crippen molar-refractivity contribution in [3.63, 3.8) is 0 Å². The van der Waals surface area contributed by atoms with Crippen LogP contribution in [-0.4, -0.2) is 34.5 Å². The zero-order valence-electron chi connectivity index (χ0n) is 9.53.